The number of benzene rings is 1. The van der Waals surface area contributed by atoms with Crippen molar-refractivity contribution in [3.8, 4) is 0 Å². The van der Waals surface area contributed by atoms with E-state index >= 15 is 0 Å². The lowest BCUT2D eigenvalue weighted by Crippen LogP contribution is -2.30. The molecule has 5 nitrogen and oxygen atoms in total. The van der Waals surface area contributed by atoms with Gasteiger partial charge in [0.15, 0.2) is 0 Å². The molecule has 6 heteroatoms. The minimum Gasteiger partial charge on any atom is -0.383 e. The van der Waals surface area contributed by atoms with Gasteiger partial charge in [-0.1, -0.05) is 24.4 Å². The molecule has 1 atom stereocenters. The number of H-pyrrole nitrogens is 1. The number of hydrogen-bond donors (Lipinski definition) is 3. The van der Waals surface area contributed by atoms with Gasteiger partial charge in [0.2, 0.25) is 0 Å². The molecule has 1 aromatic heterocycles. The number of likely N-dealkylation sites (tertiary alicyclic amines) is 1. The van der Waals surface area contributed by atoms with E-state index in [1.165, 1.54) is 25.7 Å². The van der Waals surface area contributed by atoms with Gasteiger partial charge in [0.05, 0.1) is 11.2 Å². The summed E-state index contributed by atoms with van der Waals surface area (Å²) in [5.41, 5.74) is 8.33. The molecule has 2 aromatic rings. The number of halogens is 1. The third-order valence-corrected chi connectivity index (χ3v) is 6.10. The third-order valence-electron chi connectivity index (χ3n) is 5.89. The highest BCUT2D eigenvalue weighted by Gasteiger charge is 2.27. The topological polar surface area (TPSA) is 74.2 Å². The van der Waals surface area contributed by atoms with Crippen LogP contribution in [0.3, 0.4) is 0 Å². The van der Waals surface area contributed by atoms with E-state index in [4.69, 9.17) is 17.3 Å². The summed E-state index contributed by atoms with van der Waals surface area (Å²) in [4.78, 5) is 18.1. The molecule has 1 unspecified atom stereocenters. The Hall–Kier alpha value is -1.72. The summed E-state index contributed by atoms with van der Waals surface area (Å²) in [6.45, 7) is 3.13. The van der Waals surface area contributed by atoms with Crippen LogP contribution in [0.15, 0.2) is 18.2 Å². The van der Waals surface area contributed by atoms with E-state index < -0.39 is 0 Å². The number of anilines is 1. The fraction of sp³-hybridized carbons (Fsp3) is 0.550. The third kappa shape index (κ3) is 3.55. The maximum absolute atomic E-state index is 12.8. The Balaban J connectivity index is 1.55. The Kier molecular flexibility index (Phi) is 5.09. The van der Waals surface area contributed by atoms with Crippen molar-refractivity contribution < 1.29 is 4.79 Å². The summed E-state index contributed by atoms with van der Waals surface area (Å²) >= 11 is 6.31. The molecule has 0 radical (unpaired) electrons. The van der Waals surface area contributed by atoms with Crippen LogP contribution in [0.5, 0.6) is 0 Å². The summed E-state index contributed by atoms with van der Waals surface area (Å²) in [7, 11) is 0. The maximum atomic E-state index is 12.8. The van der Waals surface area contributed by atoms with Crippen molar-refractivity contribution in [1.29, 1.82) is 0 Å². The number of carbonyl (C=O) groups is 1. The van der Waals surface area contributed by atoms with E-state index in [1.54, 1.807) is 0 Å². The number of nitrogens with zero attached hydrogens (tertiary/aromatic N) is 1. The van der Waals surface area contributed by atoms with Gasteiger partial charge in [0.25, 0.3) is 5.91 Å². The molecule has 26 heavy (non-hydrogen) atoms. The van der Waals surface area contributed by atoms with Crippen LogP contribution in [-0.2, 0) is 0 Å². The molecule has 4 rings (SSSR count). The van der Waals surface area contributed by atoms with Gasteiger partial charge in [0, 0.05) is 30.0 Å². The van der Waals surface area contributed by atoms with Gasteiger partial charge in [-0.2, -0.15) is 0 Å². The molecule has 140 valence electrons. The molecule has 2 aliphatic rings. The van der Waals surface area contributed by atoms with E-state index in [9.17, 15) is 4.79 Å². The van der Waals surface area contributed by atoms with E-state index in [-0.39, 0.29) is 5.91 Å². The Morgan fingerprint density at radius 2 is 2.04 bits per heavy atom. The van der Waals surface area contributed by atoms with Gasteiger partial charge in [-0.15, -0.1) is 0 Å². The fourth-order valence-corrected chi connectivity index (χ4v) is 4.54. The number of nitrogens with two attached hydrogens (primary N) is 1. The summed E-state index contributed by atoms with van der Waals surface area (Å²) in [6, 6.07) is 5.78. The zero-order valence-electron chi connectivity index (χ0n) is 15.1. The molecule has 1 aromatic carbocycles. The second-order valence-corrected chi connectivity index (χ2v) is 8.21. The quantitative estimate of drug-likeness (QED) is 0.744. The van der Waals surface area contributed by atoms with Crippen LogP contribution in [-0.4, -0.2) is 42.0 Å². The Morgan fingerprint density at radius 3 is 2.77 bits per heavy atom. The highest BCUT2D eigenvalue weighted by molar-refractivity contribution is 6.32. The molecule has 0 bridgehead atoms. The van der Waals surface area contributed by atoms with Gasteiger partial charge in [-0.05, 0) is 55.8 Å². The van der Waals surface area contributed by atoms with Gasteiger partial charge in [0.1, 0.15) is 5.69 Å². The number of carbonyl (C=O) groups excluding carboxylic acids is 1. The zero-order valence-corrected chi connectivity index (χ0v) is 15.8. The molecule has 1 saturated heterocycles. The second kappa shape index (κ2) is 7.49. The summed E-state index contributed by atoms with van der Waals surface area (Å²) < 4.78 is 0. The monoisotopic (exact) mass is 374 g/mol. The average molecular weight is 375 g/mol. The smallest absolute Gasteiger partial charge is 0.270 e. The molecule has 2 fully saturated rings. The first-order chi connectivity index (χ1) is 12.6. The van der Waals surface area contributed by atoms with Crippen molar-refractivity contribution in [3.63, 3.8) is 0 Å². The molecule has 2 heterocycles. The van der Waals surface area contributed by atoms with Crippen molar-refractivity contribution in [2.45, 2.75) is 32.1 Å². The first-order valence-electron chi connectivity index (χ1n) is 9.69. The van der Waals surface area contributed by atoms with Crippen molar-refractivity contribution >= 4 is 34.1 Å². The predicted molar refractivity (Wildman–Crippen MR) is 107 cm³/mol. The zero-order chi connectivity index (χ0) is 18.1. The molecule has 1 aliphatic heterocycles. The van der Waals surface area contributed by atoms with Crippen LogP contribution in [0.25, 0.3) is 10.9 Å². The largest absolute Gasteiger partial charge is 0.383 e. The normalized spacial score (nSPS) is 21.0. The number of amides is 1. The van der Waals surface area contributed by atoms with Crippen molar-refractivity contribution in [2.75, 3.05) is 31.5 Å². The lowest BCUT2D eigenvalue weighted by Gasteiger charge is -2.15. The number of rotatable bonds is 5. The molecule has 1 saturated carbocycles. The van der Waals surface area contributed by atoms with Gasteiger partial charge in [-0.3, -0.25) is 4.79 Å². The fourth-order valence-electron chi connectivity index (χ4n) is 4.31. The maximum Gasteiger partial charge on any atom is 0.270 e. The van der Waals surface area contributed by atoms with Crippen LogP contribution < -0.4 is 11.1 Å². The number of aromatic amines is 1. The van der Waals surface area contributed by atoms with E-state index in [0.29, 0.717) is 23.2 Å². The van der Waals surface area contributed by atoms with E-state index in [2.05, 4.69) is 10.3 Å². The summed E-state index contributed by atoms with van der Waals surface area (Å²) in [5, 5.41) is 5.22. The van der Waals surface area contributed by atoms with Crippen LogP contribution in [0.4, 0.5) is 5.69 Å². The SMILES string of the molecule is NCC1CCN(C(=O)c2cc3cc(Cl)cc(NCC4CCCC4)c3[nH]2)C1. The van der Waals surface area contributed by atoms with Gasteiger partial charge >= 0.3 is 0 Å². The standard InChI is InChI=1S/C20H27ClN4O/c21-16-7-15-8-18(20(26)25-6-5-14(10-22)12-25)24-19(15)17(9-16)23-11-13-3-1-2-4-13/h7-9,13-14,23-24H,1-6,10-12,22H2. The summed E-state index contributed by atoms with van der Waals surface area (Å²) in [5.74, 6) is 1.20. The minimum absolute atomic E-state index is 0.0509. The number of hydrogen-bond acceptors (Lipinski definition) is 3. The molecule has 0 spiro atoms. The van der Waals surface area contributed by atoms with Crippen LogP contribution in [0.2, 0.25) is 5.02 Å². The van der Waals surface area contributed by atoms with Gasteiger partial charge in [-0.25, -0.2) is 0 Å². The highest BCUT2D eigenvalue weighted by Crippen LogP contribution is 2.31. The minimum atomic E-state index is 0.0509. The molecule has 1 aliphatic carbocycles. The van der Waals surface area contributed by atoms with Crippen molar-refractivity contribution in [3.05, 3.63) is 28.9 Å². The molecular weight excluding hydrogens is 348 g/mol. The summed E-state index contributed by atoms with van der Waals surface area (Å²) in [6.07, 6.45) is 6.24. The first-order valence-corrected chi connectivity index (χ1v) is 10.1. The molecular formula is C20H27ClN4O. The van der Waals surface area contributed by atoms with E-state index in [1.807, 2.05) is 23.1 Å². The predicted octanol–water partition coefficient (Wildman–Crippen LogP) is 3.84. The number of aromatic nitrogens is 1. The molecule has 1 amide bonds. The van der Waals surface area contributed by atoms with E-state index in [0.717, 1.165) is 48.6 Å². The highest BCUT2D eigenvalue weighted by atomic mass is 35.5. The Morgan fingerprint density at radius 1 is 1.23 bits per heavy atom. The molecule has 4 N–H and O–H groups in total. The van der Waals surface area contributed by atoms with Gasteiger partial charge < -0.3 is 20.9 Å². The van der Waals surface area contributed by atoms with Crippen LogP contribution >= 0.6 is 11.6 Å². The Labute approximate surface area is 159 Å². The Bertz CT molecular complexity index is 796. The first kappa shape index (κ1) is 17.7. The average Bonchev–Trinajstić information content (AvgIpc) is 3.38. The van der Waals surface area contributed by atoms with Crippen LogP contribution in [0.1, 0.15) is 42.6 Å². The lowest BCUT2D eigenvalue weighted by molar-refractivity contribution is 0.0783. The van der Waals surface area contributed by atoms with Crippen molar-refractivity contribution in [2.24, 2.45) is 17.6 Å². The van der Waals surface area contributed by atoms with Crippen LogP contribution in [0, 0.1) is 11.8 Å². The number of nitrogens with one attached hydrogen (secondary N) is 2. The number of fused-ring (bicyclic) bond motifs is 1. The lowest BCUT2D eigenvalue weighted by atomic mass is 10.1. The van der Waals surface area contributed by atoms with Crippen molar-refractivity contribution in [1.82, 2.24) is 9.88 Å². The second-order valence-electron chi connectivity index (χ2n) is 7.77.